The van der Waals surface area contributed by atoms with Crippen molar-refractivity contribution in [3.05, 3.63) is 68.7 Å². The van der Waals surface area contributed by atoms with E-state index in [4.69, 9.17) is 16.3 Å². The molecule has 4 nitrogen and oxygen atoms in total. The number of hydrogen-bond donors (Lipinski definition) is 0. The van der Waals surface area contributed by atoms with Crippen LogP contribution in [0.1, 0.15) is 11.1 Å². The second-order valence-corrected chi connectivity index (χ2v) is 5.03. The zero-order valence-electron chi connectivity index (χ0n) is 10.4. The van der Waals surface area contributed by atoms with Crippen LogP contribution in [0.25, 0.3) is 0 Å². The van der Waals surface area contributed by atoms with Gasteiger partial charge < -0.3 is 4.74 Å². The molecule has 2 aromatic rings. The predicted molar refractivity (Wildman–Crippen MR) is 81.5 cm³/mol. The summed E-state index contributed by atoms with van der Waals surface area (Å²) in [5, 5.41) is 11.8. The van der Waals surface area contributed by atoms with Crippen LogP contribution < -0.4 is 4.74 Å². The molecule has 0 bridgehead atoms. The maximum absolute atomic E-state index is 10.6. The fraction of sp³-hybridized carbons (Fsp3) is 0.143. The molecule has 0 heterocycles. The van der Waals surface area contributed by atoms with E-state index < -0.39 is 4.92 Å². The van der Waals surface area contributed by atoms with Crippen LogP contribution >= 0.6 is 27.5 Å². The van der Waals surface area contributed by atoms with Gasteiger partial charge in [0.2, 0.25) is 0 Å². The van der Waals surface area contributed by atoms with Gasteiger partial charge in [-0.25, -0.2) is 0 Å². The van der Waals surface area contributed by atoms with Gasteiger partial charge in [-0.15, -0.1) is 0 Å². The summed E-state index contributed by atoms with van der Waals surface area (Å²) in [6, 6.07) is 11.7. The van der Waals surface area contributed by atoms with E-state index >= 15 is 0 Å². The Kier molecular flexibility index (Phi) is 4.98. The molecule has 0 aliphatic heterocycles. The van der Waals surface area contributed by atoms with Crippen molar-refractivity contribution in [1.82, 2.24) is 0 Å². The molecule has 104 valence electrons. The van der Waals surface area contributed by atoms with Crippen molar-refractivity contribution in [2.75, 3.05) is 0 Å². The van der Waals surface area contributed by atoms with Gasteiger partial charge in [0.05, 0.1) is 4.92 Å². The van der Waals surface area contributed by atoms with Crippen molar-refractivity contribution >= 4 is 33.2 Å². The van der Waals surface area contributed by atoms with Crippen LogP contribution in [0.2, 0.25) is 5.02 Å². The Labute approximate surface area is 129 Å². The monoisotopic (exact) mass is 355 g/mol. The smallest absolute Gasteiger partial charge is 0.269 e. The molecule has 2 aromatic carbocycles. The lowest BCUT2D eigenvalue weighted by atomic mass is 10.2. The third-order valence-corrected chi connectivity index (χ3v) is 3.67. The van der Waals surface area contributed by atoms with Gasteiger partial charge in [-0.05, 0) is 29.8 Å². The van der Waals surface area contributed by atoms with Gasteiger partial charge in [-0.2, -0.15) is 0 Å². The molecule has 0 atom stereocenters. The average molecular weight is 357 g/mol. The highest BCUT2D eigenvalue weighted by molar-refractivity contribution is 9.08. The van der Waals surface area contributed by atoms with E-state index in [1.54, 1.807) is 18.2 Å². The fourth-order valence-electron chi connectivity index (χ4n) is 1.68. The van der Waals surface area contributed by atoms with Crippen molar-refractivity contribution in [1.29, 1.82) is 0 Å². The third-order valence-electron chi connectivity index (χ3n) is 2.75. The van der Waals surface area contributed by atoms with E-state index in [9.17, 15) is 10.1 Å². The Morgan fingerprint density at radius 1 is 1.20 bits per heavy atom. The van der Waals surface area contributed by atoms with Crippen molar-refractivity contribution < 1.29 is 9.66 Å². The number of rotatable bonds is 5. The van der Waals surface area contributed by atoms with Crippen LogP contribution in [0.3, 0.4) is 0 Å². The molecule has 0 saturated heterocycles. The lowest BCUT2D eigenvalue weighted by Crippen LogP contribution is -1.98. The Morgan fingerprint density at radius 3 is 2.50 bits per heavy atom. The van der Waals surface area contributed by atoms with E-state index in [0.29, 0.717) is 22.7 Å². The number of nitro benzene ring substituents is 1. The molecule has 0 aromatic heterocycles. The first-order valence-electron chi connectivity index (χ1n) is 5.81. The summed E-state index contributed by atoms with van der Waals surface area (Å²) < 4.78 is 5.71. The second kappa shape index (κ2) is 6.72. The van der Waals surface area contributed by atoms with E-state index in [1.807, 2.05) is 12.1 Å². The standard InChI is InChI=1S/C14H11BrClNO3/c15-8-12-13(16)2-1-3-14(12)20-9-10-4-6-11(7-5-10)17(18)19/h1-7H,8-9H2. The first-order chi connectivity index (χ1) is 9.61. The molecule has 0 spiro atoms. The van der Waals surface area contributed by atoms with Gasteiger partial charge in [-0.1, -0.05) is 33.6 Å². The minimum Gasteiger partial charge on any atom is -0.489 e. The number of benzene rings is 2. The Morgan fingerprint density at radius 2 is 1.90 bits per heavy atom. The highest BCUT2D eigenvalue weighted by Gasteiger charge is 2.08. The van der Waals surface area contributed by atoms with Gasteiger partial charge in [0, 0.05) is 28.0 Å². The van der Waals surface area contributed by atoms with Crippen molar-refractivity contribution in [2.24, 2.45) is 0 Å². The molecule has 0 aliphatic rings. The third kappa shape index (κ3) is 3.49. The zero-order chi connectivity index (χ0) is 14.5. The van der Waals surface area contributed by atoms with Crippen molar-refractivity contribution in [3.63, 3.8) is 0 Å². The maximum atomic E-state index is 10.6. The molecule has 0 N–H and O–H groups in total. The molecule has 20 heavy (non-hydrogen) atoms. The predicted octanol–water partition coefficient (Wildman–Crippen LogP) is 4.72. The van der Waals surface area contributed by atoms with Crippen LogP contribution in [0.4, 0.5) is 5.69 Å². The van der Waals surface area contributed by atoms with E-state index in [-0.39, 0.29) is 5.69 Å². The summed E-state index contributed by atoms with van der Waals surface area (Å²) in [5.74, 6) is 0.702. The number of hydrogen-bond acceptors (Lipinski definition) is 3. The van der Waals surface area contributed by atoms with E-state index in [1.165, 1.54) is 12.1 Å². The Hall–Kier alpha value is -1.59. The number of halogens is 2. The van der Waals surface area contributed by atoms with Crippen molar-refractivity contribution in [2.45, 2.75) is 11.9 Å². The summed E-state index contributed by atoms with van der Waals surface area (Å²) in [5.41, 5.74) is 1.81. The maximum Gasteiger partial charge on any atom is 0.269 e. The molecule has 0 fully saturated rings. The van der Waals surface area contributed by atoms with Gasteiger partial charge >= 0.3 is 0 Å². The molecule has 2 rings (SSSR count). The highest BCUT2D eigenvalue weighted by Crippen LogP contribution is 2.29. The molecule has 0 unspecified atom stereocenters. The first kappa shape index (κ1) is 14.8. The van der Waals surface area contributed by atoms with E-state index in [0.717, 1.165) is 11.1 Å². The summed E-state index contributed by atoms with van der Waals surface area (Å²) in [6.07, 6.45) is 0. The summed E-state index contributed by atoms with van der Waals surface area (Å²) >= 11 is 9.45. The summed E-state index contributed by atoms with van der Waals surface area (Å²) in [6.45, 7) is 0.332. The number of nitrogens with zero attached hydrogens (tertiary/aromatic N) is 1. The average Bonchev–Trinajstić information content (AvgIpc) is 2.45. The topological polar surface area (TPSA) is 52.4 Å². The molecule has 0 amide bonds. The molecular weight excluding hydrogens is 346 g/mol. The van der Waals surface area contributed by atoms with E-state index in [2.05, 4.69) is 15.9 Å². The zero-order valence-corrected chi connectivity index (χ0v) is 12.7. The minimum absolute atomic E-state index is 0.0673. The summed E-state index contributed by atoms with van der Waals surface area (Å²) in [4.78, 5) is 10.1. The highest BCUT2D eigenvalue weighted by atomic mass is 79.9. The molecule has 6 heteroatoms. The number of nitro groups is 1. The van der Waals surface area contributed by atoms with Crippen LogP contribution in [0.15, 0.2) is 42.5 Å². The largest absolute Gasteiger partial charge is 0.489 e. The fourth-order valence-corrected chi connectivity index (χ4v) is 2.65. The molecule has 0 saturated carbocycles. The van der Waals surface area contributed by atoms with Gasteiger partial charge in [-0.3, -0.25) is 10.1 Å². The van der Waals surface area contributed by atoms with Crippen molar-refractivity contribution in [3.8, 4) is 5.75 Å². The minimum atomic E-state index is -0.426. The summed E-state index contributed by atoms with van der Waals surface area (Å²) in [7, 11) is 0. The first-order valence-corrected chi connectivity index (χ1v) is 7.31. The van der Waals surface area contributed by atoms with Gasteiger partial charge in [0.15, 0.2) is 0 Å². The molecular formula is C14H11BrClNO3. The lowest BCUT2D eigenvalue weighted by molar-refractivity contribution is -0.384. The number of ether oxygens (including phenoxy) is 1. The van der Waals surface area contributed by atoms with Gasteiger partial charge in [0.25, 0.3) is 5.69 Å². The normalized spacial score (nSPS) is 10.3. The van der Waals surface area contributed by atoms with Gasteiger partial charge in [0.1, 0.15) is 12.4 Å². The van der Waals surface area contributed by atoms with Crippen LogP contribution in [0, 0.1) is 10.1 Å². The van der Waals surface area contributed by atoms with Crippen LogP contribution in [0.5, 0.6) is 5.75 Å². The quantitative estimate of drug-likeness (QED) is 0.442. The molecule has 0 aliphatic carbocycles. The number of non-ortho nitro benzene ring substituents is 1. The molecule has 0 radical (unpaired) electrons. The second-order valence-electron chi connectivity index (χ2n) is 4.06. The Balaban J connectivity index is 2.09. The number of alkyl halides is 1. The SMILES string of the molecule is O=[N+]([O-])c1ccc(COc2cccc(Cl)c2CBr)cc1. The Bertz CT molecular complexity index is 616. The lowest BCUT2D eigenvalue weighted by Gasteiger charge is -2.11. The van der Waals surface area contributed by atoms with Crippen LogP contribution in [-0.4, -0.2) is 4.92 Å². The van der Waals surface area contributed by atoms with Crippen LogP contribution in [-0.2, 0) is 11.9 Å².